The van der Waals surface area contributed by atoms with Crippen LogP contribution < -0.4 is 16.6 Å². The molecule has 0 bridgehead atoms. The Morgan fingerprint density at radius 3 is 2.59 bits per heavy atom. The molecule has 110 valence electrons. The van der Waals surface area contributed by atoms with Gasteiger partial charge in [-0.25, -0.2) is 5.84 Å². The number of aromatic nitrogens is 1. The lowest BCUT2D eigenvalue weighted by Gasteiger charge is -2.10. The van der Waals surface area contributed by atoms with Crippen LogP contribution in [0, 0.1) is 0 Å². The number of hydrazine groups is 1. The van der Waals surface area contributed by atoms with Crippen molar-refractivity contribution < 1.29 is 4.79 Å². The molecule has 0 aliphatic carbocycles. The fraction of sp³-hybridized carbons (Fsp3) is 0. The van der Waals surface area contributed by atoms with Gasteiger partial charge in [-0.2, -0.15) is 0 Å². The molecule has 2 aromatic carbocycles. The Morgan fingerprint density at radius 2 is 1.86 bits per heavy atom. The molecule has 0 saturated heterocycles. The Labute approximate surface area is 132 Å². The van der Waals surface area contributed by atoms with Crippen LogP contribution >= 0.6 is 11.6 Å². The van der Waals surface area contributed by atoms with Crippen LogP contribution in [0.15, 0.2) is 54.7 Å². The van der Waals surface area contributed by atoms with Crippen molar-refractivity contribution in [3.05, 3.63) is 65.3 Å². The van der Waals surface area contributed by atoms with Crippen molar-refractivity contribution in [2.75, 3.05) is 5.32 Å². The van der Waals surface area contributed by atoms with Gasteiger partial charge in [0.2, 0.25) is 0 Å². The predicted molar refractivity (Wildman–Crippen MR) is 88.1 cm³/mol. The third kappa shape index (κ3) is 2.86. The largest absolute Gasteiger partial charge is 0.355 e. The standard InChI is InChI=1S/C16H13ClN4O/c17-11-3-6-13-14(7-8-19-15(13)9-11)20-12-4-1-10(2-5-12)16(22)21-18/h1-9H,18H2,(H,19,20)(H,21,22). The topological polar surface area (TPSA) is 80.0 Å². The molecule has 22 heavy (non-hydrogen) atoms. The lowest BCUT2D eigenvalue weighted by Crippen LogP contribution is -2.29. The summed E-state index contributed by atoms with van der Waals surface area (Å²) in [4.78, 5) is 15.7. The van der Waals surface area contributed by atoms with Gasteiger partial charge in [-0.05, 0) is 48.5 Å². The first-order valence-corrected chi connectivity index (χ1v) is 6.97. The number of carbonyl (C=O) groups is 1. The summed E-state index contributed by atoms with van der Waals surface area (Å²) >= 11 is 5.98. The number of hydrogen-bond acceptors (Lipinski definition) is 4. The maximum Gasteiger partial charge on any atom is 0.265 e. The molecule has 4 N–H and O–H groups in total. The van der Waals surface area contributed by atoms with Crippen LogP contribution in [0.3, 0.4) is 0 Å². The van der Waals surface area contributed by atoms with E-state index in [4.69, 9.17) is 17.4 Å². The number of amides is 1. The average molecular weight is 313 g/mol. The SMILES string of the molecule is NNC(=O)c1ccc(Nc2ccnc3cc(Cl)ccc23)cc1. The molecule has 0 radical (unpaired) electrons. The molecule has 0 aliphatic rings. The van der Waals surface area contributed by atoms with Crippen LogP contribution in [-0.4, -0.2) is 10.9 Å². The lowest BCUT2D eigenvalue weighted by molar-refractivity contribution is 0.0953. The van der Waals surface area contributed by atoms with Crippen LogP contribution in [0.5, 0.6) is 0 Å². The van der Waals surface area contributed by atoms with E-state index in [-0.39, 0.29) is 5.91 Å². The predicted octanol–water partition coefficient (Wildman–Crippen LogP) is 3.24. The highest BCUT2D eigenvalue weighted by molar-refractivity contribution is 6.31. The molecule has 1 amide bonds. The van der Waals surface area contributed by atoms with Crippen LogP contribution in [0.4, 0.5) is 11.4 Å². The molecule has 0 aliphatic heterocycles. The summed E-state index contributed by atoms with van der Waals surface area (Å²) in [6, 6.07) is 14.5. The van der Waals surface area contributed by atoms with Gasteiger partial charge in [0.15, 0.2) is 0 Å². The zero-order valence-corrected chi connectivity index (χ0v) is 12.3. The number of nitrogens with zero attached hydrogens (tertiary/aromatic N) is 1. The Morgan fingerprint density at radius 1 is 1.09 bits per heavy atom. The highest BCUT2D eigenvalue weighted by atomic mass is 35.5. The second-order valence-electron chi connectivity index (χ2n) is 4.70. The van der Waals surface area contributed by atoms with Crippen molar-refractivity contribution in [3.8, 4) is 0 Å². The van der Waals surface area contributed by atoms with E-state index >= 15 is 0 Å². The molecule has 0 atom stereocenters. The number of halogens is 1. The highest BCUT2D eigenvalue weighted by Crippen LogP contribution is 2.27. The second kappa shape index (κ2) is 6.01. The number of hydrogen-bond donors (Lipinski definition) is 3. The van der Waals surface area contributed by atoms with Gasteiger partial charge in [-0.1, -0.05) is 11.6 Å². The van der Waals surface area contributed by atoms with Crippen LogP contribution in [-0.2, 0) is 0 Å². The number of rotatable bonds is 3. The van der Waals surface area contributed by atoms with Crippen molar-refractivity contribution >= 4 is 39.8 Å². The zero-order valence-electron chi connectivity index (χ0n) is 11.5. The maximum absolute atomic E-state index is 11.4. The minimum atomic E-state index is -0.324. The van der Waals surface area contributed by atoms with Crippen molar-refractivity contribution in [1.29, 1.82) is 0 Å². The first-order valence-electron chi connectivity index (χ1n) is 6.59. The van der Waals surface area contributed by atoms with E-state index in [1.807, 2.05) is 36.4 Å². The quantitative estimate of drug-likeness (QED) is 0.394. The normalized spacial score (nSPS) is 10.5. The van der Waals surface area contributed by atoms with E-state index in [1.54, 1.807) is 18.3 Å². The second-order valence-corrected chi connectivity index (χ2v) is 5.13. The lowest BCUT2D eigenvalue weighted by atomic mass is 10.1. The Kier molecular flexibility index (Phi) is 3.91. The molecule has 1 heterocycles. The Balaban J connectivity index is 1.91. The number of nitrogen functional groups attached to an aromatic ring is 1. The van der Waals surface area contributed by atoms with Gasteiger partial charge in [0.1, 0.15) is 0 Å². The van der Waals surface area contributed by atoms with E-state index in [1.165, 1.54) is 0 Å². The summed E-state index contributed by atoms with van der Waals surface area (Å²) in [7, 11) is 0. The van der Waals surface area contributed by atoms with Crippen molar-refractivity contribution in [3.63, 3.8) is 0 Å². The number of anilines is 2. The Bertz CT molecular complexity index is 833. The average Bonchev–Trinajstić information content (AvgIpc) is 2.55. The third-order valence-electron chi connectivity index (χ3n) is 3.26. The van der Waals surface area contributed by atoms with Gasteiger partial charge in [-0.3, -0.25) is 15.2 Å². The van der Waals surface area contributed by atoms with Gasteiger partial charge in [-0.15, -0.1) is 0 Å². The number of fused-ring (bicyclic) bond motifs is 1. The fourth-order valence-corrected chi connectivity index (χ4v) is 2.34. The number of nitrogens with two attached hydrogens (primary N) is 1. The van der Waals surface area contributed by atoms with E-state index < -0.39 is 0 Å². The third-order valence-corrected chi connectivity index (χ3v) is 3.50. The summed E-state index contributed by atoms with van der Waals surface area (Å²) in [6.07, 6.45) is 1.72. The number of pyridine rings is 1. The zero-order chi connectivity index (χ0) is 15.5. The van der Waals surface area contributed by atoms with Crippen LogP contribution in [0.1, 0.15) is 10.4 Å². The Hall–Kier alpha value is -2.63. The summed E-state index contributed by atoms with van der Waals surface area (Å²) in [6.45, 7) is 0. The summed E-state index contributed by atoms with van der Waals surface area (Å²) in [5.74, 6) is 4.78. The number of benzene rings is 2. The fourth-order valence-electron chi connectivity index (χ4n) is 2.17. The molecule has 0 saturated carbocycles. The molecule has 6 heteroatoms. The van der Waals surface area contributed by atoms with Gasteiger partial charge in [0.25, 0.3) is 5.91 Å². The van der Waals surface area contributed by atoms with Crippen molar-refractivity contribution in [2.45, 2.75) is 0 Å². The summed E-state index contributed by atoms with van der Waals surface area (Å²) in [5.41, 5.74) is 5.19. The molecule has 3 aromatic rings. The molecule has 3 rings (SSSR count). The van der Waals surface area contributed by atoms with Crippen molar-refractivity contribution in [2.24, 2.45) is 5.84 Å². The van der Waals surface area contributed by atoms with Gasteiger partial charge < -0.3 is 5.32 Å². The minimum Gasteiger partial charge on any atom is -0.355 e. The van der Waals surface area contributed by atoms with Crippen LogP contribution in [0.2, 0.25) is 5.02 Å². The maximum atomic E-state index is 11.4. The van der Waals surface area contributed by atoms with Crippen molar-refractivity contribution in [1.82, 2.24) is 10.4 Å². The first kappa shape index (κ1) is 14.3. The first-order chi connectivity index (χ1) is 10.7. The molecule has 0 unspecified atom stereocenters. The smallest absolute Gasteiger partial charge is 0.265 e. The van der Waals surface area contributed by atoms with E-state index in [0.29, 0.717) is 10.6 Å². The molecular weight excluding hydrogens is 300 g/mol. The van der Waals surface area contributed by atoms with Gasteiger partial charge >= 0.3 is 0 Å². The van der Waals surface area contributed by atoms with Crippen LogP contribution in [0.25, 0.3) is 10.9 Å². The molecule has 1 aromatic heterocycles. The van der Waals surface area contributed by atoms with E-state index in [0.717, 1.165) is 22.3 Å². The number of carbonyl (C=O) groups excluding carboxylic acids is 1. The highest BCUT2D eigenvalue weighted by Gasteiger charge is 2.05. The summed E-state index contributed by atoms with van der Waals surface area (Å²) < 4.78 is 0. The molecule has 5 nitrogen and oxygen atoms in total. The number of nitrogens with one attached hydrogen (secondary N) is 2. The van der Waals surface area contributed by atoms with E-state index in [2.05, 4.69) is 15.7 Å². The van der Waals surface area contributed by atoms with Gasteiger partial charge in [0.05, 0.1) is 5.52 Å². The molecule has 0 fully saturated rings. The minimum absolute atomic E-state index is 0.324. The molecular formula is C16H13ClN4O. The van der Waals surface area contributed by atoms with Gasteiger partial charge in [0, 0.05) is 33.5 Å². The monoisotopic (exact) mass is 312 g/mol. The summed E-state index contributed by atoms with van der Waals surface area (Å²) in [5, 5.41) is 4.92. The van der Waals surface area contributed by atoms with E-state index in [9.17, 15) is 4.79 Å². The molecule has 0 spiro atoms.